The molecule has 0 bridgehead atoms. The summed E-state index contributed by atoms with van der Waals surface area (Å²) in [6.07, 6.45) is 2.64. The molecule has 0 N–H and O–H groups in total. The molecule has 0 unspecified atom stereocenters. The molecule has 0 saturated carbocycles. The van der Waals surface area contributed by atoms with Crippen LogP contribution in [-0.2, 0) is 4.79 Å². The van der Waals surface area contributed by atoms with Crippen molar-refractivity contribution in [2.45, 2.75) is 33.1 Å². The van der Waals surface area contributed by atoms with Crippen LogP contribution in [0.3, 0.4) is 0 Å². The highest BCUT2D eigenvalue weighted by atomic mass is 32.1. The van der Waals surface area contributed by atoms with E-state index in [2.05, 4.69) is 16.9 Å². The molecule has 8 heteroatoms. The van der Waals surface area contributed by atoms with Gasteiger partial charge in [0.25, 0.3) is 0 Å². The maximum Gasteiger partial charge on any atom is 0.222 e. The third kappa shape index (κ3) is 3.61. The van der Waals surface area contributed by atoms with Gasteiger partial charge in [-0.3, -0.25) is 4.79 Å². The molecular weight excluding hydrogens is 377 g/mol. The molecule has 0 aliphatic carbocycles. The highest BCUT2D eigenvalue weighted by Crippen LogP contribution is 2.33. The molecule has 3 heterocycles. The van der Waals surface area contributed by atoms with E-state index in [1.807, 2.05) is 11.8 Å². The Morgan fingerprint density at radius 3 is 2.57 bits per heavy atom. The van der Waals surface area contributed by atoms with Crippen LogP contribution in [0.2, 0.25) is 0 Å². The van der Waals surface area contributed by atoms with Gasteiger partial charge in [-0.15, -0.1) is 0 Å². The second-order valence-electron chi connectivity index (χ2n) is 7.09. The highest BCUT2D eigenvalue weighted by molar-refractivity contribution is 7.22. The van der Waals surface area contributed by atoms with Crippen LogP contribution in [0.5, 0.6) is 0 Å². The lowest BCUT2D eigenvalue weighted by Crippen LogP contribution is -2.48. The molecule has 0 atom stereocenters. The van der Waals surface area contributed by atoms with Gasteiger partial charge in [0.15, 0.2) is 10.8 Å². The number of halogens is 1. The molecule has 1 fully saturated rings. The number of aryl methyl sites for hydroxylation is 1. The minimum Gasteiger partial charge on any atom is -0.344 e. The number of amides is 1. The summed E-state index contributed by atoms with van der Waals surface area (Å²) in [5.74, 6) is -0.0113. The quantitative estimate of drug-likeness (QED) is 0.653. The van der Waals surface area contributed by atoms with Crippen LogP contribution in [0.4, 0.5) is 9.52 Å². The van der Waals surface area contributed by atoms with Crippen molar-refractivity contribution in [3.63, 3.8) is 0 Å². The maximum atomic E-state index is 13.2. The zero-order valence-electron chi connectivity index (χ0n) is 16.2. The lowest BCUT2D eigenvalue weighted by atomic mass is 10.2. The Kier molecular flexibility index (Phi) is 5.30. The van der Waals surface area contributed by atoms with Crippen molar-refractivity contribution in [2.75, 3.05) is 31.1 Å². The lowest BCUT2D eigenvalue weighted by molar-refractivity contribution is -0.131. The molecule has 1 amide bonds. The second-order valence-corrected chi connectivity index (χ2v) is 8.07. The molecular formula is C20H24FN5OS. The number of nitrogens with zero attached hydrogens (tertiary/aromatic N) is 5. The van der Waals surface area contributed by atoms with E-state index in [0.717, 1.165) is 65.9 Å². The van der Waals surface area contributed by atoms with Crippen LogP contribution in [0, 0.1) is 12.7 Å². The van der Waals surface area contributed by atoms with Gasteiger partial charge in [-0.25, -0.2) is 9.07 Å². The van der Waals surface area contributed by atoms with Gasteiger partial charge >= 0.3 is 0 Å². The molecule has 0 spiro atoms. The monoisotopic (exact) mass is 401 g/mol. The number of aromatic nitrogens is 3. The Morgan fingerprint density at radius 2 is 1.89 bits per heavy atom. The molecule has 28 heavy (non-hydrogen) atoms. The molecule has 6 nitrogen and oxygen atoms in total. The van der Waals surface area contributed by atoms with E-state index in [1.54, 1.807) is 28.2 Å². The van der Waals surface area contributed by atoms with E-state index in [9.17, 15) is 9.18 Å². The van der Waals surface area contributed by atoms with Gasteiger partial charge in [-0.1, -0.05) is 24.7 Å². The number of piperazine rings is 1. The summed E-state index contributed by atoms with van der Waals surface area (Å²) in [5, 5.41) is 5.52. The fraction of sp³-hybridized carbons (Fsp3) is 0.450. The second kappa shape index (κ2) is 7.87. The number of benzene rings is 1. The van der Waals surface area contributed by atoms with Gasteiger partial charge in [-0.2, -0.15) is 10.1 Å². The lowest BCUT2D eigenvalue weighted by Gasteiger charge is -2.34. The van der Waals surface area contributed by atoms with Crippen molar-refractivity contribution in [1.29, 1.82) is 0 Å². The first kappa shape index (κ1) is 18.9. The Balaban J connectivity index is 1.52. The molecule has 3 aromatic rings. The average Bonchev–Trinajstić information content (AvgIpc) is 3.28. The Labute approximate surface area is 167 Å². The van der Waals surface area contributed by atoms with Crippen LogP contribution < -0.4 is 4.90 Å². The summed E-state index contributed by atoms with van der Waals surface area (Å²) in [5.41, 5.74) is 2.50. The number of hydrogen-bond acceptors (Lipinski definition) is 5. The standard InChI is InChI=1S/C20H24FN5OS/c1-3-4-5-17(27)24-10-12-25(13-11-24)20-22-19-18(28-20)14(2)23-26(19)16-8-6-15(21)7-9-16/h6-9H,3-5,10-13H2,1-2H3. The Hall–Kier alpha value is -2.48. The number of carbonyl (C=O) groups is 1. The molecule has 1 saturated heterocycles. The van der Waals surface area contributed by atoms with Gasteiger partial charge in [0, 0.05) is 32.6 Å². The molecule has 1 aliphatic rings. The van der Waals surface area contributed by atoms with E-state index in [-0.39, 0.29) is 11.7 Å². The van der Waals surface area contributed by atoms with Crippen molar-refractivity contribution in [3.05, 3.63) is 35.8 Å². The summed E-state index contributed by atoms with van der Waals surface area (Å²) < 4.78 is 16.1. The molecule has 1 aliphatic heterocycles. The third-order valence-electron chi connectivity index (χ3n) is 5.10. The fourth-order valence-corrected chi connectivity index (χ4v) is 4.49. The predicted octanol–water partition coefficient (Wildman–Crippen LogP) is 3.77. The Morgan fingerprint density at radius 1 is 1.18 bits per heavy atom. The molecule has 0 radical (unpaired) electrons. The van der Waals surface area contributed by atoms with Gasteiger partial charge in [0.2, 0.25) is 5.91 Å². The minimum atomic E-state index is -0.269. The summed E-state index contributed by atoms with van der Waals surface area (Å²) in [4.78, 5) is 21.3. The van der Waals surface area contributed by atoms with E-state index in [1.165, 1.54) is 12.1 Å². The minimum absolute atomic E-state index is 0.258. The van der Waals surface area contributed by atoms with Crippen molar-refractivity contribution in [2.24, 2.45) is 0 Å². The van der Waals surface area contributed by atoms with Gasteiger partial charge in [-0.05, 0) is 37.6 Å². The molecule has 1 aromatic carbocycles. The number of unbranched alkanes of at least 4 members (excludes halogenated alkanes) is 1. The highest BCUT2D eigenvalue weighted by Gasteiger charge is 2.24. The Bertz CT molecular complexity index is 973. The summed E-state index contributed by atoms with van der Waals surface area (Å²) in [7, 11) is 0. The average molecular weight is 402 g/mol. The van der Waals surface area contributed by atoms with Gasteiger partial charge < -0.3 is 9.80 Å². The van der Waals surface area contributed by atoms with E-state index >= 15 is 0 Å². The van der Waals surface area contributed by atoms with Crippen LogP contribution in [0.1, 0.15) is 31.9 Å². The number of hydrogen-bond donors (Lipinski definition) is 0. The first-order valence-electron chi connectivity index (χ1n) is 9.71. The zero-order chi connectivity index (χ0) is 19.7. The smallest absolute Gasteiger partial charge is 0.222 e. The number of thiazole rings is 1. The van der Waals surface area contributed by atoms with Crippen molar-refractivity contribution >= 4 is 32.7 Å². The van der Waals surface area contributed by atoms with Crippen molar-refractivity contribution < 1.29 is 9.18 Å². The van der Waals surface area contributed by atoms with Gasteiger partial charge in [0.05, 0.1) is 16.1 Å². The zero-order valence-corrected chi connectivity index (χ0v) is 17.0. The largest absolute Gasteiger partial charge is 0.344 e. The van der Waals surface area contributed by atoms with E-state index < -0.39 is 0 Å². The number of carbonyl (C=O) groups excluding carboxylic acids is 1. The molecule has 4 rings (SSSR count). The number of fused-ring (bicyclic) bond motifs is 1. The number of rotatable bonds is 5. The molecule has 2 aromatic heterocycles. The van der Waals surface area contributed by atoms with E-state index in [4.69, 9.17) is 4.98 Å². The fourth-order valence-electron chi connectivity index (χ4n) is 3.45. The summed E-state index contributed by atoms with van der Waals surface area (Å²) in [6, 6.07) is 6.28. The SMILES string of the molecule is CCCCC(=O)N1CCN(c2nc3c(s2)c(C)nn3-c2ccc(F)cc2)CC1. The predicted molar refractivity (Wildman–Crippen MR) is 110 cm³/mol. The van der Waals surface area contributed by atoms with Crippen LogP contribution in [0.25, 0.3) is 16.0 Å². The first-order valence-corrected chi connectivity index (χ1v) is 10.5. The van der Waals surface area contributed by atoms with Crippen LogP contribution in [-0.4, -0.2) is 51.8 Å². The third-order valence-corrected chi connectivity index (χ3v) is 6.31. The van der Waals surface area contributed by atoms with Gasteiger partial charge in [0.1, 0.15) is 5.82 Å². The van der Waals surface area contributed by atoms with Crippen molar-refractivity contribution in [3.8, 4) is 5.69 Å². The normalized spacial score (nSPS) is 14.8. The van der Waals surface area contributed by atoms with E-state index in [0.29, 0.717) is 6.42 Å². The molecule has 148 valence electrons. The summed E-state index contributed by atoms with van der Waals surface area (Å²) in [6.45, 7) is 7.12. The van der Waals surface area contributed by atoms with Crippen molar-refractivity contribution in [1.82, 2.24) is 19.7 Å². The topological polar surface area (TPSA) is 54.3 Å². The van der Waals surface area contributed by atoms with Crippen LogP contribution >= 0.6 is 11.3 Å². The summed E-state index contributed by atoms with van der Waals surface area (Å²) >= 11 is 1.63. The first-order chi connectivity index (χ1) is 13.6. The van der Waals surface area contributed by atoms with Crippen LogP contribution in [0.15, 0.2) is 24.3 Å². The maximum absolute atomic E-state index is 13.2. The number of anilines is 1.